The lowest BCUT2D eigenvalue weighted by Gasteiger charge is -2.16. The van der Waals surface area contributed by atoms with Crippen molar-refractivity contribution in [1.82, 2.24) is 0 Å². The predicted octanol–water partition coefficient (Wildman–Crippen LogP) is 4.88. The highest BCUT2D eigenvalue weighted by Gasteiger charge is 2.34. The minimum Gasteiger partial charge on any atom is -0.392 e. The molecule has 0 bridgehead atoms. The van der Waals surface area contributed by atoms with Gasteiger partial charge in [-0.25, -0.2) is 0 Å². The number of aliphatic hydroxyl groups excluding tert-OH is 1. The number of rotatable bonds is 2. The zero-order valence-corrected chi connectivity index (χ0v) is 11.0. The number of hydrogen-bond donors (Lipinski definition) is 1. The van der Waals surface area contributed by atoms with Crippen LogP contribution in [0.2, 0.25) is 0 Å². The van der Waals surface area contributed by atoms with Gasteiger partial charge >= 0.3 is 12.4 Å². The van der Waals surface area contributed by atoms with Crippen LogP contribution in [0.15, 0.2) is 42.5 Å². The first-order chi connectivity index (χ1) is 10.1. The SMILES string of the molecule is OCc1c(-c2ccc(C(F)(F)F)cc2)cccc1C(F)(F)F. The van der Waals surface area contributed by atoms with Crippen LogP contribution in [0.3, 0.4) is 0 Å². The van der Waals surface area contributed by atoms with Gasteiger partial charge in [0.25, 0.3) is 0 Å². The van der Waals surface area contributed by atoms with Crippen molar-refractivity contribution in [2.45, 2.75) is 19.0 Å². The van der Waals surface area contributed by atoms with Gasteiger partial charge in [0.1, 0.15) is 0 Å². The molecule has 2 aromatic rings. The molecule has 1 N–H and O–H groups in total. The van der Waals surface area contributed by atoms with Gasteiger partial charge in [-0.05, 0) is 34.9 Å². The van der Waals surface area contributed by atoms with Crippen LogP contribution >= 0.6 is 0 Å². The average molecular weight is 320 g/mol. The van der Waals surface area contributed by atoms with Gasteiger partial charge in [-0.2, -0.15) is 26.3 Å². The standard InChI is InChI=1S/C15H10F6O/c16-14(17,18)10-6-4-9(5-7-10)11-2-1-3-13(12(11)8-22)15(19,20)21/h1-7,22H,8H2. The molecule has 0 aliphatic carbocycles. The van der Waals surface area contributed by atoms with E-state index in [2.05, 4.69) is 0 Å². The van der Waals surface area contributed by atoms with Crippen LogP contribution in [0.25, 0.3) is 11.1 Å². The van der Waals surface area contributed by atoms with Gasteiger partial charge in [-0.3, -0.25) is 0 Å². The summed E-state index contributed by atoms with van der Waals surface area (Å²) in [5.74, 6) is 0. The van der Waals surface area contributed by atoms with Gasteiger partial charge in [0.2, 0.25) is 0 Å². The van der Waals surface area contributed by atoms with Gasteiger partial charge < -0.3 is 5.11 Å². The summed E-state index contributed by atoms with van der Waals surface area (Å²) in [6.07, 6.45) is -9.17. The van der Waals surface area contributed by atoms with E-state index in [0.29, 0.717) is 0 Å². The summed E-state index contributed by atoms with van der Waals surface area (Å²) in [6.45, 7) is -0.869. The van der Waals surface area contributed by atoms with E-state index < -0.39 is 30.1 Å². The van der Waals surface area contributed by atoms with Crippen LogP contribution in [0.5, 0.6) is 0 Å². The van der Waals surface area contributed by atoms with E-state index in [1.807, 2.05) is 0 Å². The number of benzene rings is 2. The average Bonchev–Trinajstić information content (AvgIpc) is 2.44. The van der Waals surface area contributed by atoms with Gasteiger partial charge in [0.15, 0.2) is 0 Å². The molecule has 0 radical (unpaired) electrons. The largest absolute Gasteiger partial charge is 0.416 e. The van der Waals surface area contributed by atoms with E-state index in [0.717, 1.165) is 36.4 Å². The Bertz CT molecular complexity index is 655. The van der Waals surface area contributed by atoms with Crippen LogP contribution in [0, 0.1) is 0 Å². The molecule has 0 heterocycles. The van der Waals surface area contributed by atoms with E-state index in [1.165, 1.54) is 6.07 Å². The number of aliphatic hydroxyl groups is 1. The third-order valence-electron chi connectivity index (χ3n) is 3.16. The molecule has 7 heteroatoms. The summed E-state index contributed by atoms with van der Waals surface area (Å²) in [5, 5.41) is 9.23. The van der Waals surface area contributed by atoms with E-state index in [1.54, 1.807) is 0 Å². The summed E-state index contributed by atoms with van der Waals surface area (Å²) >= 11 is 0. The number of alkyl halides is 6. The lowest BCUT2D eigenvalue weighted by molar-refractivity contribution is -0.139. The molecule has 2 aromatic carbocycles. The maximum absolute atomic E-state index is 12.9. The highest BCUT2D eigenvalue weighted by atomic mass is 19.4. The van der Waals surface area contributed by atoms with Crippen LogP contribution in [0.1, 0.15) is 16.7 Å². The molecule has 0 saturated heterocycles. The minimum atomic E-state index is -4.65. The lowest BCUT2D eigenvalue weighted by atomic mass is 9.95. The number of hydrogen-bond acceptors (Lipinski definition) is 1. The highest BCUT2D eigenvalue weighted by molar-refractivity contribution is 5.69. The zero-order chi connectivity index (χ0) is 16.5. The molecule has 0 fully saturated rings. The van der Waals surface area contributed by atoms with Gasteiger partial charge in [-0.15, -0.1) is 0 Å². The lowest BCUT2D eigenvalue weighted by Crippen LogP contribution is -2.10. The molecule has 0 aromatic heterocycles. The first-order valence-electron chi connectivity index (χ1n) is 6.12. The van der Waals surface area contributed by atoms with Crippen molar-refractivity contribution >= 4 is 0 Å². The second-order valence-corrected chi connectivity index (χ2v) is 4.56. The van der Waals surface area contributed by atoms with Crippen molar-refractivity contribution in [3.63, 3.8) is 0 Å². The summed E-state index contributed by atoms with van der Waals surface area (Å²) < 4.78 is 76.2. The molecule has 22 heavy (non-hydrogen) atoms. The molecule has 0 aliphatic rings. The molecule has 0 aliphatic heterocycles. The van der Waals surface area contributed by atoms with Crippen molar-refractivity contribution in [3.8, 4) is 11.1 Å². The van der Waals surface area contributed by atoms with Crippen molar-refractivity contribution < 1.29 is 31.4 Å². The molecular formula is C15H10F6O. The molecule has 0 atom stereocenters. The van der Waals surface area contributed by atoms with Crippen LogP contribution in [-0.2, 0) is 19.0 Å². The fraction of sp³-hybridized carbons (Fsp3) is 0.200. The second-order valence-electron chi connectivity index (χ2n) is 4.56. The Balaban J connectivity index is 2.54. The van der Waals surface area contributed by atoms with Crippen molar-refractivity contribution in [3.05, 3.63) is 59.2 Å². The predicted molar refractivity (Wildman–Crippen MR) is 67.8 cm³/mol. The third kappa shape index (κ3) is 3.24. The van der Waals surface area contributed by atoms with Crippen LogP contribution in [-0.4, -0.2) is 5.11 Å². The van der Waals surface area contributed by atoms with Crippen LogP contribution in [0.4, 0.5) is 26.3 Å². The highest BCUT2D eigenvalue weighted by Crippen LogP contribution is 2.37. The van der Waals surface area contributed by atoms with Crippen molar-refractivity contribution in [2.75, 3.05) is 0 Å². The molecular weight excluding hydrogens is 310 g/mol. The Morgan fingerprint density at radius 2 is 1.36 bits per heavy atom. The Morgan fingerprint density at radius 1 is 0.773 bits per heavy atom. The molecule has 0 saturated carbocycles. The van der Waals surface area contributed by atoms with E-state index in [9.17, 15) is 31.4 Å². The topological polar surface area (TPSA) is 20.2 Å². The van der Waals surface area contributed by atoms with Gasteiger partial charge in [-0.1, -0.05) is 24.3 Å². The Labute approximate surface area is 121 Å². The molecule has 0 amide bonds. The summed E-state index contributed by atoms with van der Waals surface area (Å²) in [7, 11) is 0. The third-order valence-corrected chi connectivity index (χ3v) is 3.16. The zero-order valence-electron chi connectivity index (χ0n) is 11.0. The second kappa shape index (κ2) is 5.64. The normalized spacial score (nSPS) is 12.5. The maximum Gasteiger partial charge on any atom is 0.416 e. The molecule has 1 nitrogen and oxygen atoms in total. The molecule has 118 valence electrons. The molecule has 2 rings (SSSR count). The molecule has 0 spiro atoms. The van der Waals surface area contributed by atoms with Crippen molar-refractivity contribution in [2.24, 2.45) is 0 Å². The summed E-state index contributed by atoms with van der Waals surface area (Å²) in [5.41, 5.74) is -2.05. The van der Waals surface area contributed by atoms with E-state index in [4.69, 9.17) is 0 Å². The Kier molecular flexibility index (Phi) is 4.19. The minimum absolute atomic E-state index is 0.0473. The Hall–Kier alpha value is -2.02. The van der Waals surface area contributed by atoms with E-state index >= 15 is 0 Å². The van der Waals surface area contributed by atoms with Crippen molar-refractivity contribution in [1.29, 1.82) is 0 Å². The quantitative estimate of drug-likeness (QED) is 0.782. The fourth-order valence-electron chi connectivity index (χ4n) is 2.13. The number of halogens is 6. The summed E-state index contributed by atoms with van der Waals surface area (Å²) in [4.78, 5) is 0. The first-order valence-corrected chi connectivity index (χ1v) is 6.12. The Morgan fingerprint density at radius 3 is 1.82 bits per heavy atom. The van der Waals surface area contributed by atoms with Gasteiger partial charge in [0, 0.05) is 0 Å². The fourth-order valence-corrected chi connectivity index (χ4v) is 2.13. The first kappa shape index (κ1) is 16.4. The molecule has 0 unspecified atom stereocenters. The maximum atomic E-state index is 12.9. The smallest absolute Gasteiger partial charge is 0.392 e. The van der Waals surface area contributed by atoms with Crippen LogP contribution < -0.4 is 0 Å². The van der Waals surface area contributed by atoms with Gasteiger partial charge in [0.05, 0.1) is 17.7 Å². The summed E-state index contributed by atoms with van der Waals surface area (Å²) in [6, 6.07) is 7.03. The monoisotopic (exact) mass is 320 g/mol. The van der Waals surface area contributed by atoms with E-state index in [-0.39, 0.29) is 16.7 Å².